The van der Waals surface area contributed by atoms with Crippen molar-refractivity contribution in [2.75, 3.05) is 56.4 Å². The Hall–Kier alpha value is -3.14. The summed E-state index contributed by atoms with van der Waals surface area (Å²) in [7, 11) is 0. The molecule has 0 spiro atoms. The van der Waals surface area contributed by atoms with Gasteiger partial charge < -0.3 is 15.4 Å². The number of nitrogens with two attached hydrogens (primary N) is 1. The van der Waals surface area contributed by atoms with Crippen molar-refractivity contribution in [1.82, 2.24) is 19.4 Å². The number of hydrogen-bond acceptors (Lipinski definition) is 8. The number of nitrogens with zero attached hydrogens (tertiary/aromatic N) is 5. The second-order valence-electron chi connectivity index (χ2n) is 12.7. The predicted molar refractivity (Wildman–Crippen MR) is 174 cm³/mol. The number of ether oxygens (including phenoxy) is 1. The van der Waals surface area contributed by atoms with Gasteiger partial charge in [0, 0.05) is 66.6 Å². The molecule has 224 valence electrons. The van der Waals surface area contributed by atoms with Gasteiger partial charge in [0.15, 0.2) is 5.13 Å². The number of carbonyl (C=O) groups excluding carboxylic acids is 1. The molecule has 0 unspecified atom stereocenters. The fourth-order valence-electron chi connectivity index (χ4n) is 6.61. The average Bonchev–Trinajstić information content (AvgIpc) is 3.50. The van der Waals surface area contributed by atoms with Crippen LogP contribution in [0.2, 0.25) is 0 Å². The van der Waals surface area contributed by atoms with Crippen molar-refractivity contribution in [3.8, 4) is 0 Å². The number of fused-ring (bicyclic) bond motifs is 4. The molecule has 1 aliphatic carbocycles. The first-order valence-corrected chi connectivity index (χ1v) is 16.2. The highest BCUT2D eigenvalue weighted by atomic mass is 32.1. The standard InChI is InChI=1S/C33H44N6O2S/c1-5-14-37(24-10-12-27-30(22-24)42-31(34)35-27)18-15-36-16-19-38(20-17-36)23-11-13-29-26(21-23)25-8-6-7-9-28(25)39(29)32(40)41-33(2,3)4/h6-9,11,13,21,24H,5,10,12,14-20,22H2,1-4H3,(H2,34,35)/t24-/m0/s1. The highest BCUT2D eigenvalue weighted by Gasteiger charge is 2.28. The molecular weight excluding hydrogens is 544 g/mol. The molecule has 2 aliphatic rings. The Morgan fingerprint density at radius 1 is 1.07 bits per heavy atom. The molecule has 9 heteroatoms. The monoisotopic (exact) mass is 588 g/mol. The Bertz CT molecular complexity index is 1560. The molecule has 1 aliphatic heterocycles. The molecule has 2 N–H and O–H groups in total. The molecule has 3 heterocycles. The Morgan fingerprint density at radius 2 is 1.83 bits per heavy atom. The van der Waals surface area contributed by atoms with Crippen LogP contribution in [0.25, 0.3) is 21.8 Å². The van der Waals surface area contributed by atoms with Gasteiger partial charge in [-0.05, 0) is 77.3 Å². The van der Waals surface area contributed by atoms with Crippen LogP contribution in [0, 0.1) is 0 Å². The second kappa shape index (κ2) is 11.9. The number of carbonyl (C=O) groups is 1. The van der Waals surface area contributed by atoms with Gasteiger partial charge in [-0.1, -0.05) is 25.1 Å². The summed E-state index contributed by atoms with van der Waals surface area (Å²) >= 11 is 1.68. The summed E-state index contributed by atoms with van der Waals surface area (Å²) in [6.07, 6.45) is 4.15. The van der Waals surface area contributed by atoms with E-state index in [0.29, 0.717) is 11.2 Å². The lowest BCUT2D eigenvalue weighted by molar-refractivity contribution is 0.0551. The molecule has 42 heavy (non-hydrogen) atoms. The Balaban J connectivity index is 1.11. The first kappa shape index (κ1) is 29.0. The normalized spacial score (nSPS) is 18.2. The number of thiazole rings is 1. The van der Waals surface area contributed by atoms with E-state index in [1.807, 2.05) is 39.0 Å². The van der Waals surface area contributed by atoms with Crippen molar-refractivity contribution in [3.63, 3.8) is 0 Å². The minimum Gasteiger partial charge on any atom is -0.443 e. The van der Waals surface area contributed by atoms with Crippen LogP contribution in [0.3, 0.4) is 0 Å². The smallest absolute Gasteiger partial charge is 0.419 e. The van der Waals surface area contributed by atoms with Crippen LogP contribution in [-0.4, -0.2) is 82.9 Å². The summed E-state index contributed by atoms with van der Waals surface area (Å²) in [5.41, 5.74) is 9.65. The van der Waals surface area contributed by atoms with Gasteiger partial charge >= 0.3 is 6.09 Å². The molecule has 2 aromatic carbocycles. The molecule has 0 bridgehead atoms. The van der Waals surface area contributed by atoms with E-state index in [2.05, 4.69) is 50.9 Å². The second-order valence-corrected chi connectivity index (χ2v) is 13.8. The van der Waals surface area contributed by atoms with Crippen molar-refractivity contribution < 1.29 is 9.53 Å². The number of rotatable bonds is 7. The molecule has 1 saturated heterocycles. The largest absolute Gasteiger partial charge is 0.443 e. The summed E-state index contributed by atoms with van der Waals surface area (Å²) < 4.78 is 7.48. The zero-order chi connectivity index (χ0) is 29.4. The number of aryl methyl sites for hydroxylation is 1. The summed E-state index contributed by atoms with van der Waals surface area (Å²) in [5, 5.41) is 2.88. The van der Waals surface area contributed by atoms with Crippen molar-refractivity contribution in [1.29, 1.82) is 0 Å². The lowest BCUT2D eigenvalue weighted by atomic mass is 9.96. The number of benzene rings is 2. The van der Waals surface area contributed by atoms with Crippen LogP contribution >= 0.6 is 11.3 Å². The first-order chi connectivity index (χ1) is 20.2. The molecule has 0 radical (unpaired) electrons. The summed E-state index contributed by atoms with van der Waals surface area (Å²) in [6.45, 7) is 15.5. The molecule has 1 fully saturated rings. The van der Waals surface area contributed by atoms with Crippen LogP contribution in [0.15, 0.2) is 42.5 Å². The lowest BCUT2D eigenvalue weighted by Gasteiger charge is -2.39. The molecule has 0 saturated carbocycles. The summed E-state index contributed by atoms with van der Waals surface area (Å²) in [4.78, 5) is 26.9. The van der Waals surface area contributed by atoms with Crippen LogP contribution < -0.4 is 10.6 Å². The van der Waals surface area contributed by atoms with Crippen molar-refractivity contribution in [2.45, 2.75) is 65.0 Å². The zero-order valence-corrected chi connectivity index (χ0v) is 26.3. The maximum absolute atomic E-state index is 13.2. The van der Waals surface area contributed by atoms with E-state index in [9.17, 15) is 4.79 Å². The van der Waals surface area contributed by atoms with Crippen molar-refractivity contribution in [3.05, 3.63) is 53.0 Å². The minimum atomic E-state index is -0.558. The van der Waals surface area contributed by atoms with Gasteiger partial charge in [0.05, 0.1) is 16.7 Å². The van der Waals surface area contributed by atoms with Crippen LogP contribution in [-0.2, 0) is 17.6 Å². The first-order valence-electron chi connectivity index (χ1n) is 15.4. The molecular formula is C33H44N6O2S. The number of nitrogen functional groups attached to an aromatic ring is 1. The quantitative estimate of drug-likeness (QED) is 0.283. The zero-order valence-electron chi connectivity index (χ0n) is 25.4. The highest BCUT2D eigenvalue weighted by Crippen LogP contribution is 2.33. The highest BCUT2D eigenvalue weighted by molar-refractivity contribution is 7.15. The maximum Gasteiger partial charge on any atom is 0.419 e. The van der Waals surface area contributed by atoms with Crippen molar-refractivity contribution >= 4 is 50.1 Å². The topological polar surface area (TPSA) is 79.9 Å². The van der Waals surface area contributed by atoms with Gasteiger partial charge in [-0.25, -0.2) is 14.3 Å². The average molecular weight is 589 g/mol. The van der Waals surface area contributed by atoms with Crippen LogP contribution in [0.5, 0.6) is 0 Å². The van der Waals surface area contributed by atoms with E-state index >= 15 is 0 Å². The number of piperazine rings is 1. The fourth-order valence-corrected chi connectivity index (χ4v) is 7.56. The van der Waals surface area contributed by atoms with Gasteiger partial charge in [0.1, 0.15) is 5.60 Å². The predicted octanol–water partition coefficient (Wildman–Crippen LogP) is 6.01. The summed E-state index contributed by atoms with van der Waals surface area (Å²) in [6, 6.07) is 15.2. The minimum absolute atomic E-state index is 0.336. The van der Waals surface area contributed by atoms with Gasteiger partial charge in [-0.15, -0.1) is 11.3 Å². The maximum atomic E-state index is 13.2. The van der Waals surface area contributed by atoms with Crippen LogP contribution in [0.4, 0.5) is 15.6 Å². The molecule has 4 aromatic rings. The van der Waals surface area contributed by atoms with E-state index in [-0.39, 0.29) is 6.09 Å². The van der Waals surface area contributed by atoms with Gasteiger partial charge in [-0.3, -0.25) is 9.80 Å². The van der Waals surface area contributed by atoms with Gasteiger partial charge in [0.25, 0.3) is 0 Å². The third kappa shape index (κ3) is 6.00. The van der Waals surface area contributed by atoms with E-state index in [4.69, 9.17) is 10.5 Å². The fraction of sp³-hybridized carbons (Fsp3) is 0.515. The third-order valence-corrected chi connectivity index (χ3v) is 9.58. The molecule has 0 amide bonds. The van der Waals surface area contributed by atoms with Crippen molar-refractivity contribution in [2.24, 2.45) is 0 Å². The van der Waals surface area contributed by atoms with E-state index < -0.39 is 5.60 Å². The Labute approximate surface area is 253 Å². The number of aromatic nitrogens is 2. The van der Waals surface area contributed by atoms with Gasteiger partial charge in [-0.2, -0.15) is 0 Å². The third-order valence-electron chi connectivity index (χ3n) is 8.63. The lowest BCUT2D eigenvalue weighted by Crippen LogP contribution is -2.50. The number of hydrogen-bond donors (Lipinski definition) is 1. The van der Waals surface area contributed by atoms with E-state index in [1.54, 1.807) is 15.9 Å². The summed E-state index contributed by atoms with van der Waals surface area (Å²) in [5.74, 6) is 0. The Kier molecular flexibility index (Phi) is 8.18. The Morgan fingerprint density at radius 3 is 2.60 bits per heavy atom. The molecule has 1 atom stereocenters. The molecule has 6 rings (SSSR count). The molecule has 2 aromatic heterocycles. The van der Waals surface area contributed by atoms with Crippen LogP contribution in [0.1, 0.15) is 51.1 Å². The molecule has 8 nitrogen and oxygen atoms in total. The van der Waals surface area contributed by atoms with E-state index in [0.717, 1.165) is 80.5 Å². The number of anilines is 2. The SMILES string of the molecule is CCCN(CCN1CCN(c2ccc3c(c2)c2ccccc2n3C(=O)OC(C)(C)C)CC1)[C@H]1CCc2nc(N)sc2C1. The van der Waals surface area contributed by atoms with Gasteiger partial charge in [0.2, 0.25) is 0 Å². The number of para-hydroxylation sites is 1. The van der Waals surface area contributed by atoms with E-state index in [1.165, 1.54) is 29.1 Å².